The average Bonchev–Trinajstić information content (AvgIpc) is 3.21. The number of likely N-dealkylation sites (tertiary alicyclic amines) is 1. The van der Waals surface area contributed by atoms with E-state index in [0.717, 1.165) is 28.3 Å². The zero-order valence-corrected chi connectivity index (χ0v) is 16.8. The van der Waals surface area contributed by atoms with E-state index < -0.39 is 5.92 Å². The summed E-state index contributed by atoms with van der Waals surface area (Å²) in [4.78, 5) is 19.5. The van der Waals surface area contributed by atoms with Gasteiger partial charge in [0.25, 0.3) is 5.92 Å². The molecule has 1 aliphatic rings. The predicted molar refractivity (Wildman–Crippen MR) is 109 cm³/mol. The number of nitrogens with zero attached hydrogens (tertiary/aromatic N) is 4. The van der Waals surface area contributed by atoms with Crippen LogP contribution in [0.25, 0.3) is 21.3 Å². The molecule has 3 aromatic rings. The summed E-state index contributed by atoms with van der Waals surface area (Å²) in [7, 11) is 0. The summed E-state index contributed by atoms with van der Waals surface area (Å²) in [6.45, 7) is 1.64. The fraction of sp³-hybridized carbons (Fsp3) is 0.400. The van der Waals surface area contributed by atoms with Crippen LogP contribution >= 0.6 is 11.3 Å². The zero-order valence-electron chi connectivity index (χ0n) is 15.9. The SMILES string of the molecule is CC(F)(F)CN1CCC(C(=O)Nc2cc3cc(-c4cncs4)ccc3nn2)CC1. The van der Waals surface area contributed by atoms with Crippen molar-refractivity contribution in [3.05, 3.63) is 36.0 Å². The van der Waals surface area contributed by atoms with Crippen LogP contribution in [0.3, 0.4) is 0 Å². The summed E-state index contributed by atoms with van der Waals surface area (Å²) in [5, 5.41) is 12.0. The average molecular weight is 417 g/mol. The van der Waals surface area contributed by atoms with E-state index >= 15 is 0 Å². The molecule has 2 aromatic heterocycles. The van der Waals surface area contributed by atoms with Gasteiger partial charge in [-0.1, -0.05) is 6.07 Å². The third-order valence-electron chi connectivity index (χ3n) is 5.01. The minimum Gasteiger partial charge on any atom is -0.309 e. The van der Waals surface area contributed by atoms with Crippen molar-refractivity contribution in [2.24, 2.45) is 5.92 Å². The quantitative estimate of drug-likeness (QED) is 0.678. The number of rotatable bonds is 5. The highest BCUT2D eigenvalue weighted by Crippen LogP contribution is 2.27. The van der Waals surface area contributed by atoms with Crippen LogP contribution in [0.4, 0.5) is 14.6 Å². The number of nitrogens with one attached hydrogen (secondary N) is 1. The molecule has 152 valence electrons. The Kier molecular flexibility index (Phi) is 5.51. The lowest BCUT2D eigenvalue weighted by Crippen LogP contribution is -2.42. The van der Waals surface area contributed by atoms with Crippen molar-refractivity contribution < 1.29 is 13.6 Å². The monoisotopic (exact) mass is 417 g/mol. The molecule has 29 heavy (non-hydrogen) atoms. The van der Waals surface area contributed by atoms with Crippen molar-refractivity contribution in [2.45, 2.75) is 25.7 Å². The number of hydrogen-bond acceptors (Lipinski definition) is 6. The normalized spacial score (nSPS) is 16.2. The van der Waals surface area contributed by atoms with Crippen molar-refractivity contribution >= 4 is 34.0 Å². The third-order valence-corrected chi connectivity index (χ3v) is 5.84. The number of amides is 1. The summed E-state index contributed by atoms with van der Waals surface area (Å²) in [5.41, 5.74) is 3.55. The Morgan fingerprint density at radius 3 is 2.76 bits per heavy atom. The summed E-state index contributed by atoms with van der Waals surface area (Å²) >= 11 is 1.55. The van der Waals surface area contributed by atoms with E-state index in [4.69, 9.17) is 0 Å². The molecule has 1 N–H and O–H groups in total. The van der Waals surface area contributed by atoms with Crippen LogP contribution in [-0.4, -0.2) is 51.5 Å². The highest BCUT2D eigenvalue weighted by molar-refractivity contribution is 7.13. The molecule has 9 heteroatoms. The van der Waals surface area contributed by atoms with Crippen LogP contribution in [0.15, 0.2) is 36.0 Å². The van der Waals surface area contributed by atoms with E-state index in [2.05, 4.69) is 20.5 Å². The number of carbonyl (C=O) groups excluding carboxylic acids is 1. The number of halogens is 2. The molecule has 0 unspecified atom stereocenters. The molecule has 1 aliphatic heterocycles. The molecule has 0 bridgehead atoms. The van der Waals surface area contributed by atoms with E-state index in [9.17, 15) is 13.6 Å². The summed E-state index contributed by atoms with van der Waals surface area (Å²) in [6, 6.07) is 7.66. The Labute approximate surface area is 171 Å². The van der Waals surface area contributed by atoms with Crippen LogP contribution in [0, 0.1) is 5.92 Å². The number of hydrogen-bond donors (Lipinski definition) is 1. The van der Waals surface area contributed by atoms with Crippen LogP contribution in [0.2, 0.25) is 0 Å². The number of alkyl halides is 2. The molecular formula is C20H21F2N5OS. The molecule has 3 heterocycles. The maximum atomic E-state index is 13.2. The van der Waals surface area contributed by atoms with Crippen LogP contribution in [0.1, 0.15) is 19.8 Å². The first-order valence-electron chi connectivity index (χ1n) is 9.45. The standard InChI is InChI=1S/C20H21F2N5OS/c1-20(21,22)11-27-6-4-13(5-7-27)19(28)24-18-9-15-8-14(17-10-23-12-29-17)2-3-16(15)25-26-18/h2-3,8-10,12-13H,4-7,11H2,1H3,(H,24,26,28). The number of aromatic nitrogens is 3. The lowest BCUT2D eigenvalue weighted by atomic mass is 9.95. The van der Waals surface area contributed by atoms with Crippen molar-refractivity contribution in [3.8, 4) is 10.4 Å². The number of fused-ring (bicyclic) bond motifs is 1. The lowest BCUT2D eigenvalue weighted by Gasteiger charge is -2.32. The van der Waals surface area contributed by atoms with Gasteiger partial charge in [0.05, 0.1) is 22.4 Å². The first-order chi connectivity index (χ1) is 13.9. The van der Waals surface area contributed by atoms with Crippen molar-refractivity contribution in [1.82, 2.24) is 20.1 Å². The van der Waals surface area contributed by atoms with Crippen molar-refractivity contribution in [2.75, 3.05) is 25.0 Å². The van der Waals surface area contributed by atoms with Crippen molar-refractivity contribution in [3.63, 3.8) is 0 Å². The summed E-state index contributed by atoms with van der Waals surface area (Å²) in [6.07, 6.45) is 2.92. The first-order valence-corrected chi connectivity index (χ1v) is 10.3. The fourth-order valence-corrected chi connectivity index (χ4v) is 4.21. The molecular weight excluding hydrogens is 396 g/mol. The summed E-state index contributed by atoms with van der Waals surface area (Å²) < 4.78 is 26.3. The van der Waals surface area contributed by atoms with Gasteiger partial charge in [-0.15, -0.1) is 21.5 Å². The number of benzene rings is 1. The van der Waals surface area contributed by atoms with E-state index in [1.54, 1.807) is 27.8 Å². The lowest BCUT2D eigenvalue weighted by molar-refractivity contribution is -0.121. The predicted octanol–water partition coefficient (Wildman–Crippen LogP) is 4.06. The van der Waals surface area contributed by atoms with Crippen molar-refractivity contribution in [1.29, 1.82) is 0 Å². The van der Waals surface area contributed by atoms with Gasteiger partial charge in [-0.3, -0.25) is 14.7 Å². The molecule has 1 saturated heterocycles. The second kappa shape index (κ2) is 8.08. The highest BCUT2D eigenvalue weighted by Gasteiger charge is 2.30. The Hall–Kier alpha value is -2.52. The Bertz CT molecular complexity index is 998. The topological polar surface area (TPSA) is 71.0 Å². The molecule has 0 spiro atoms. The second-order valence-corrected chi connectivity index (χ2v) is 8.37. The maximum Gasteiger partial charge on any atom is 0.257 e. The van der Waals surface area contributed by atoms with E-state index in [1.165, 1.54) is 0 Å². The van der Waals surface area contributed by atoms with Gasteiger partial charge in [0.2, 0.25) is 5.91 Å². The zero-order chi connectivity index (χ0) is 20.4. The van der Waals surface area contributed by atoms with Gasteiger partial charge in [0, 0.05) is 24.4 Å². The summed E-state index contributed by atoms with van der Waals surface area (Å²) in [5.74, 6) is -2.67. The van der Waals surface area contributed by atoms with Crippen LogP contribution in [-0.2, 0) is 4.79 Å². The Morgan fingerprint density at radius 1 is 1.28 bits per heavy atom. The molecule has 0 atom stereocenters. The van der Waals surface area contributed by atoms with Crippen LogP contribution < -0.4 is 5.32 Å². The van der Waals surface area contributed by atoms with Gasteiger partial charge in [0.1, 0.15) is 0 Å². The fourth-order valence-electron chi connectivity index (χ4n) is 3.59. The Morgan fingerprint density at radius 2 is 2.07 bits per heavy atom. The molecule has 0 saturated carbocycles. The number of thiazole rings is 1. The molecule has 1 amide bonds. The van der Waals surface area contributed by atoms with Crippen LogP contribution in [0.5, 0.6) is 0 Å². The number of piperidine rings is 1. The van der Waals surface area contributed by atoms with Gasteiger partial charge >= 0.3 is 0 Å². The molecule has 0 radical (unpaired) electrons. The molecule has 1 fully saturated rings. The van der Waals surface area contributed by atoms with Gasteiger partial charge in [-0.25, -0.2) is 8.78 Å². The Balaban J connectivity index is 1.42. The smallest absolute Gasteiger partial charge is 0.257 e. The molecule has 4 rings (SSSR count). The second-order valence-electron chi connectivity index (χ2n) is 7.48. The van der Waals surface area contributed by atoms with E-state index in [-0.39, 0.29) is 18.4 Å². The van der Waals surface area contributed by atoms with E-state index in [0.29, 0.717) is 31.7 Å². The highest BCUT2D eigenvalue weighted by atomic mass is 32.1. The molecule has 6 nitrogen and oxygen atoms in total. The minimum atomic E-state index is -2.71. The van der Waals surface area contributed by atoms with Gasteiger partial charge in [0.15, 0.2) is 5.82 Å². The van der Waals surface area contributed by atoms with Gasteiger partial charge in [-0.05, 0) is 49.7 Å². The van der Waals surface area contributed by atoms with Gasteiger partial charge in [-0.2, -0.15) is 0 Å². The van der Waals surface area contributed by atoms with E-state index in [1.807, 2.05) is 24.4 Å². The van der Waals surface area contributed by atoms with Gasteiger partial charge < -0.3 is 5.32 Å². The molecule has 1 aromatic carbocycles. The maximum absolute atomic E-state index is 13.2. The number of carbonyl (C=O) groups is 1. The first kappa shape index (κ1) is 19.8. The third kappa shape index (κ3) is 4.91. The molecule has 0 aliphatic carbocycles. The number of anilines is 1. The largest absolute Gasteiger partial charge is 0.309 e. The minimum absolute atomic E-state index is 0.139.